The number of benzene rings is 2. The molecule has 2 atom stereocenters. The summed E-state index contributed by atoms with van der Waals surface area (Å²) in [4.78, 5) is 39.1. The van der Waals surface area contributed by atoms with Crippen molar-refractivity contribution in [2.45, 2.75) is 58.1 Å². The zero-order valence-corrected chi connectivity index (χ0v) is 19.0. The van der Waals surface area contributed by atoms with Gasteiger partial charge in [-0.05, 0) is 50.8 Å². The number of hydrogen-bond acceptors (Lipinski definition) is 4. The number of ether oxygens (including phenoxy) is 1. The number of carbonyl (C=O) groups excluding carboxylic acids is 3. The largest absolute Gasteiger partial charge is 0.481 e. The fraction of sp³-hybridized carbons (Fsp3) is 0.423. The lowest BCUT2D eigenvalue weighted by Gasteiger charge is -2.35. The van der Waals surface area contributed by atoms with Crippen LogP contribution in [0.3, 0.4) is 0 Å². The molecule has 1 aliphatic rings. The second-order valence-electron chi connectivity index (χ2n) is 8.32. The summed E-state index contributed by atoms with van der Waals surface area (Å²) < 4.78 is 5.73. The van der Waals surface area contributed by atoms with Gasteiger partial charge in [-0.25, -0.2) is 0 Å². The number of amides is 2. The lowest BCUT2D eigenvalue weighted by Crippen LogP contribution is -2.50. The molecule has 6 nitrogen and oxygen atoms in total. The van der Waals surface area contributed by atoms with Gasteiger partial charge < -0.3 is 15.0 Å². The molecule has 0 saturated carbocycles. The molecule has 32 heavy (non-hydrogen) atoms. The van der Waals surface area contributed by atoms with Gasteiger partial charge in [-0.2, -0.15) is 0 Å². The van der Waals surface area contributed by atoms with Crippen molar-refractivity contribution in [3.63, 3.8) is 0 Å². The number of rotatable bonds is 8. The summed E-state index contributed by atoms with van der Waals surface area (Å²) in [6.45, 7) is 6.48. The molecule has 3 rings (SSSR count). The number of Topliss-reactive ketones (excluding diaryl/α,β-unsaturated/α-hetero) is 1. The summed E-state index contributed by atoms with van der Waals surface area (Å²) in [6.07, 6.45) is 1.52. The maximum Gasteiger partial charge on any atom is 0.260 e. The third-order valence-corrected chi connectivity index (χ3v) is 5.98. The third-order valence-electron chi connectivity index (χ3n) is 5.98. The summed E-state index contributed by atoms with van der Waals surface area (Å²) in [5.41, 5.74) is 1.60. The maximum atomic E-state index is 13.0. The predicted octanol–water partition coefficient (Wildman–Crippen LogP) is 3.96. The van der Waals surface area contributed by atoms with Crippen LogP contribution in [0.2, 0.25) is 0 Å². The van der Waals surface area contributed by atoms with Gasteiger partial charge in [0.05, 0.1) is 5.92 Å². The number of piperidine rings is 1. The molecule has 170 valence electrons. The molecule has 2 aromatic carbocycles. The molecule has 6 heteroatoms. The fourth-order valence-corrected chi connectivity index (χ4v) is 4.07. The summed E-state index contributed by atoms with van der Waals surface area (Å²) >= 11 is 0. The highest BCUT2D eigenvalue weighted by atomic mass is 16.5. The lowest BCUT2D eigenvalue weighted by molar-refractivity contribution is -0.134. The Morgan fingerprint density at radius 3 is 2.38 bits per heavy atom. The minimum Gasteiger partial charge on any atom is -0.481 e. The zero-order valence-electron chi connectivity index (χ0n) is 19.0. The Morgan fingerprint density at radius 1 is 1.06 bits per heavy atom. The van der Waals surface area contributed by atoms with Gasteiger partial charge in [0.15, 0.2) is 11.9 Å². The van der Waals surface area contributed by atoms with E-state index in [1.165, 1.54) is 6.92 Å². The Labute approximate surface area is 189 Å². The average Bonchev–Trinajstić information content (AvgIpc) is 2.80. The molecule has 0 aliphatic carbocycles. The van der Waals surface area contributed by atoms with Gasteiger partial charge in [-0.15, -0.1) is 0 Å². The standard InChI is InChI=1S/C26H32N2O4/c1-4-24(20-9-6-5-7-10-20)26(31)28-15-13-22(14-16-28)27-25(30)19(3)32-23-12-8-11-21(17-23)18(2)29/h5-12,17,19,22,24H,4,13-16H2,1-3H3,(H,27,30). The van der Waals surface area contributed by atoms with Gasteiger partial charge in [0.25, 0.3) is 5.91 Å². The molecule has 2 unspecified atom stereocenters. The molecule has 1 heterocycles. The Bertz CT molecular complexity index is 936. The first-order chi connectivity index (χ1) is 15.4. The van der Waals surface area contributed by atoms with Crippen LogP contribution in [0, 0.1) is 0 Å². The van der Waals surface area contributed by atoms with E-state index in [0.29, 0.717) is 24.4 Å². The molecule has 1 N–H and O–H groups in total. The molecule has 1 saturated heterocycles. The van der Waals surface area contributed by atoms with Gasteiger partial charge in [0.2, 0.25) is 5.91 Å². The molecular formula is C26H32N2O4. The number of carbonyl (C=O) groups is 3. The minimum absolute atomic E-state index is 0.0120. The highest BCUT2D eigenvalue weighted by molar-refractivity contribution is 5.94. The van der Waals surface area contributed by atoms with Crippen molar-refractivity contribution in [3.05, 3.63) is 65.7 Å². The fourth-order valence-electron chi connectivity index (χ4n) is 4.07. The van der Waals surface area contributed by atoms with Crippen LogP contribution in [0.25, 0.3) is 0 Å². The van der Waals surface area contributed by atoms with Crippen molar-refractivity contribution in [3.8, 4) is 5.75 Å². The highest BCUT2D eigenvalue weighted by Gasteiger charge is 2.29. The van der Waals surface area contributed by atoms with E-state index in [0.717, 1.165) is 24.8 Å². The Balaban J connectivity index is 1.49. The van der Waals surface area contributed by atoms with Crippen molar-refractivity contribution in [1.29, 1.82) is 0 Å². The molecule has 1 fully saturated rings. The third kappa shape index (κ3) is 5.96. The van der Waals surface area contributed by atoms with Crippen LogP contribution in [0.1, 0.15) is 61.9 Å². The van der Waals surface area contributed by atoms with Crippen molar-refractivity contribution in [2.75, 3.05) is 13.1 Å². The molecule has 0 aromatic heterocycles. The van der Waals surface area contributed by atoms with Crippen molar-refractivity contribution < 1.29 is 19.1 Å². The molecule has 0 radical (unpaired) electrons. The van der Waals surface area contributed by atoms with E-state index in [1.807, 2.05) is 42.2 Å². The topological polar surface area (TPSA) is 75.7 Å². The van der Waals surface area contributed by atoms with Gasteiger partial charge in [0, 0.05) is 24.7 Å². The van der Waals surface area contributed by atoms with Crippen LogP contribution >= 0.6 is 0 Å². The molecule has 0 bridgehead atoms. The van der Waals surface area contributed by atoms with Gasteiger partial charge in [-0.3, -0.25) is 14.4 Å². The molecule has 1 aliphatic heterocycles. The van der Waals surface area contributed by atoms with Gasteiger partial charge >= 0.3 is 0 Å². The van der Waals surface area contributed by atoms with E-state index in [9.17, 15) is 14.4 Å². The quantitative estimate of drug-likeness (QED) is 0.636. The number of nitrogens with zero attached hydrogens (tertiary/aromatic N) is 1. The molecule has 0 spiro atoms. The van der Waals surface area contributed by atoms with Crippen LogP contribution in [0.15, 0.2) is 54.6 Å². The summed E-state index contributed by atoms with van der Waals surface area (Å²) in [6, 6.07) is 16.7. The zero-order chi connectivity index (χ0) is 23.1. The summed E-state index contributed by atoms with van der Waals surface area (Å²) in [5.74, 6) is 0.282. The first-order valence-corrected chi connectivity index (χ1v) is 11.3. The van der Waals surface area contributed by atoms with Crippen LogP contribution in [0.5, 0.6) is 5.75 Å². The van der Waals surface area contributed by atoms with Crippen molar-refractivity contribution in [2.24, 2.45) is 0 Å². The SMILES string of the molecule is CCC(C(=O)N1CCC(NC(=O)C(C)Oc2cccc(C(C)=O)c2)CC1)c1ccccc1. The van der Waals surface area contributed by atoms with Crippen LogP contribution < -0.4 is 10.1 Å². The number of hydrogen-bond donors (Lipinski definition) is 1. The normalized spacial score (nSPS) is 16.2. The lowest BCUT2D eigenvalue weighted by atomic mass is 9.93. The summed E-state index contributed by atoms with van der Waals surface area (Å²) in [7, 11) is 0. The maximum absolute atomic E-state index is 13.0. The highest BCUT2D eigenvalue weighted by Crippen LogP contribution is 2.24. The Kier molecular flexibility index (Phi) is 8.03. The van der Waals surface area contributed by atoms with Crippen molar-refractivity contribution in [1.82, 2.24) is 10.2 Å². The first-order valence-electron chi connectivity index (χ1n) is 11.3. The monoisotopic (exact) mass is 436 g/mol. The van der Waals surface area contributed by atoms with Gasteiger partial charge in [0.1, 0.15) is 5.75 Å². The first kappa shape index (κ1) is 23.5. The van der Waals surface area contributed by atoms with E-state index in [2.05, 4.69) is 5.32 Å². The van der Waals surface area contributed by atoms with E-state index in [-0.39, 0.29) is 29.6 Å². The molecule has 2 aromatic rings. The van der Waals surface area contributed by atoms with E-state index in [4.69, 9.17) is 4.74 Å². The minimum atomic E-state index is -0.681. The van der Waals surface area contributed by atoms with E-state index >= 15 is 0 Å². The summed E-state index contributed by atoms with van der Waals surface area (Å²) in [5, 5.41) is 3.04. The average molecular weight is 437 g/mol. The Hall–Kier alpha value is -3.15. The Morgan fingerprint density at radius 2 is 1.75 bits per heavy atom. The second kappa shape index (κ2) is 10.9. The number of nitrogens with one attached hydrogen (secondary N) is 1. The van der Waals surface area contributed by atoms with E-state index < -0.39 is 6.10 Å². The number of ketones is 1. The van der Waals surface area contributed by atoms with Crippen LogP contribution in [-0.2, 0) is 9.59 Å². The number of likely N-dealkylation sites (tertiary alicyclic amines) is 1. The predicted molar refractivity (Wildman–Crippen MR) is 124 cm³/mol. The molecular weight excluding hydrogens is 404 g/mol. The van der Waals surface area contributed by atoms with E-state index in [1.54, 1.807) is 31.2 Å². The van der Waals surface area contributed by atoms with Crippen LogP contribution in [-0.4, -0.2) is 47.7 Å². The van der Waals surface area contributed by atoms with Crippen LogP contribution in [0.4, 0.5) is 0 Å². The van der Waals surface area contributed by atoms with Crippen molar-refractivity contribution >= 4 is 17.6 Å². The van der Waals surface area contributed by atoms with Gasteiger partial charge in [-0.1, -0.05) is 49.4 Å². The molecule has 2 amide bonds. The smallest absolute Gasteiger partial charge is 0.260 e. The second-order valence-corrected chi connectivity index (χ2v) is 8.32.